The molecule has 1 aromatic carbocycles. The van der Waals surface area contributed by atoms with E-state index in [-0.39, 0.29) is 0 Å². The van der Waals surface area contributed by atoms with E-state index < -0.39 is 43.8 Å². The first-order valence-electron chi connectivity index (χ1n) is 4.35. The maximum Gasteiger partial charge on any atom is 0.287 e. The van der Waals surface area contributed by atoms with Crippen LogP contribution in [0.5, 0.6) is 0 Å². The Morgan fingerprint density at radius 1 is 1.00 bits per heavy atom. The highest BCUT2D eigenvalue weighted by Crippen LogP contribution is 2.33. The number of nitriles is 1. The first kappa shape index (κ1) is 13.0. The zero-order chi connectivity index (χ0) is 13.9. The minimum absolute atomic E-state index is 0.446. The second kappa shape index (κ2) is 4.83. The third-order valence-corrected chi connectivity index (χ3v) is 2.05. The number of hydrogen-bond donors (Lipinski definition) is 0. The molecule has 1 aromatic rings. The van der Waals surface area contributed by atoms with Crippen LogP contribution < -0.4 is 0 Å². The van der Waals surface area contributed by atoms with Gasteiger partial charge in [0.1, 0.15) is 5.56 Å². The van der Waals surface area contributed by atoms with Crippen LogP contribution in [0.3, 0.4) is 0 Å². The predicted octanol–water partition coefficient (Wildman–Crippen LogP) is 1.48. The zero-order valence-corrected chi connectivity index (χ0v) is 8.60. The van der Waals surface area contributed by atoms with Gasteiger partial charge >= 0.3 is 0 Å². The Morgan fingerprint density at radius 2 is 1.44 bits per heavy atom. The van der Waals surface area contributed by atoms with Crippen molar-refractivity contribution in [3.8, 4) is 6.07 Å². The number of rotatable bonds is 4. The second-order valence-corrected chi connectivity index (χ2v) is 3.07. The van der Waals surface area contributed by atoms with Crippen LogP contribution in [0.1, 0.15) is 5.56 Å². The molecule has 0 saturated carbocycles. The van der Waals surface area contributed by atoms with Crippen molar-refractivity contribution in [2.75, 3.05) is 0 Å². The van der Waals surface area contributed by atoms with E-state index in [0.717, 1.165) is 0 Å². The molecular formula is C8H4N4O6. The third-order valence-electron chi connectivity index (χ3n) is 2.05. The van der Waals surface area contributed by atoms with Crippen LogP contribution in [0.25, 0.3) is 0 Å². The summed E-state index contributed by atoms with van der Waals surface area (Å²) in [7, 11) is 0. The van der Waals surface area contributed by atoms with Gasteiger partial charge in [0.15, 0.2) is 0 Å². The van der Waals surface area contributed by atoms with Gasteiger partial charge in [-0.3, -0.25) is 30.3 Å². The Morgan fingerprint density at radius 3 is 1.72 bits per heavy atom. The molecule has 0 atom stereocenters. The standard InChI is InChI=1S/C8H4N4O6/c9-2-1-6-7(11(15)16)3-5(10(13)14)4-8(6)12(17)18/h3-4H,1H2. The van der Waals surface area contributed by atoms with Crippen LogP contribution in [0.15, 0.2) is 12.1 Å². The summed E-state index contributed by atoms with van der Waals surface area (Å²) in [6.07, 6.45) is -0.579. The second-order valence-electron chi connectivity index (χ2n) is 3.07. The monoisotopic (exact) mass is 252 g/mol. The molecule has 0 radical (unpaired) electrons. The molecule has 0 bridgehead atoms. The normalized spacial score (nSPS) is 9.50. The van der Waals surface area contributed by atoms with Gasteiger partial charge in [0, 0.05) is 0 Å². The summed E-state index contributed by atoms with van der Waals surface area (Å²) in [5, 5.41) is 40.4. The van der Waals surface area contributed by atoms with Crippen molar-refractivity contribution < 1.29 is 14.8 Å². The van der Waals surface area contributed by atoms with E-state index in [1.807, 2.05) is 0 Å². The van der Waals surface area contributed by atoms with Crippen molar-refractivity contribution in [3.63, 3.8) is 0 Å². The van der Waals surface area contributed by atoms with Gasteiger partial charge in [-0.15, -0.1) is 0 Å². The lowest BCUT2D eigenvalue weighted by molar-refractivity contribution is -0.404. The van der Waals surface area contributed by atoms with Crippen molar-refractivity contribution in [1.29, 1.82) is 5.26 Å². The number of benzene rings is 1. The minimum Gasteiger partial charge on any atom is -0.258 e. The molecule has 0 aliphatic rings. The molecule has 0 spiro atoms. The molecule has 10 heteroatoms. The lowest BCUT2D eigenvalue weighted by Gasteiger charge is -2.00. The summed E-state index contributed by atoms with van der Waals surface area (Å²) >= 11 is 0. The van der Waals surface area contributed by atoms with Crippen LogP contribution in [0, 0.1) is 41.7 Å². The first-order valence-corrected chi connectivity index (χ1v) is 4.35. The third kappa shape index (κ3) is 2.35. The van der Waals surface area contributed by atoms with Gasteiger partial charge in [0.25, 0.3) is 17.1 Å². The van der Waals surface area contributed by atoms with Gasteiger partial charge in [0.05, 0.1) is 39.4 Å². The maximum atomic E-state index is 10.7. The van der Waals surface area contributed by atoms with Crippen LogP contribution in [0.2, 0.25) is 0 Å². The average molecular weight is 252 g/mol. The van der Waals surface area contributed by atoms with Gasteiger partial charge in [0.2, 0.25) is 0 Å². The van der Waals surface area contributed by atoms with E-state index in [0.29, 0.717) is 12.1 Å². The minimum atomic E-state index is -0.993. The number of non-ortho nitro benzene ring substituents is 1. The van der Waals surface area contributed by atoms with Crippen molar-refractivity contribution in [1.82, 2.24) is 0 Å². The Balaban J connectivity index is 3.66. The molecule has 0 saturated heterocycles. The summed E-state index contributed by atoms with van der Waals surface area (Å²) < 4.78 is 0. The molecule has 0 amide bonds. The molecular weight excluding hydrogens is 248 g/mol. The van der Waals surface area contributed by atoms with Gasteiger partial charge < -0.3 is 0 Å². The molecule has 0 aliphatic heterocycles. The SMILES string of the molecule is N#CCc1c([N+](=O)[O-])cc([N+](=O)[O-])cc1[N+](=O)[O-]. The van der Waals surface area contributed by atoms with Crippen molar-refractivity contribution in [3.05, 3.63) is 48.0 Å². The quantitative estimate of drug-likeness (QED) is 0.580. The number of nitrogens with zero attached hydrogens (tertiary/aromatic N) is 4. The first-order chi connectivity index (χ1) is 8.38. The summed E-state index contributed by atoms with van der Waals surface area (Å²) in [6, 6.07) is 2.74. The lowest BCUT2D eigenvalue weighted by atomic mass is 10.1. The molecule has 18 heavy (non-hydrogen) atoms. The highest BCUT2D eigenvalue weighted by Gasteiger charge is 2.29. The fraction of sp³-hybridized carbons (Fsp3) is 0.125. The van der Waals surface area contributed by atoms with E-state index in [4.69, 9.17) is 5.26 Å². The van der Waals surface area contributed by atoms with Crippen LogP contribution in [-0.2, 0) is 6.42 Å². The van der Waals surface area contributed by atoms with E-state index in [1.165, 1.54) is 0 Å². The van der Waals surface area contributed by atoms with Crippen LogP contribution in [0.4, 0.5) is 17.1 Å². The summed E-state index contributed by atoms with van der Waals surface area (Å²) in [5.74, 6) is 0. The van der Waals surface area contributed by atoms with E-state index >= 15 is 0 Å². The fourth-order valence-corrected chi connectivity index (χ4v) is 1.32. The van der Waals surface area contributed by atoms with Crippen molar-refractivity contribution >= 4 is 17.1 Å². The van der Waals surface area contributed by atoms with E-state index in [1.54, 1.807) is 6.07 Å². The molecule has 0 aliphatic carbocycles. The Hall–Kier alpha value is -3.09. The highest BCUT2D eigenvalue weighted by molar-refractivity contribution is 5.61. The van der Waals surface area contributed by atoms with Gasteiger partial charge in [-0.05, 0) is 0 Å². The van der Waals surface area contributed by atoms with Gasteiger partial charge in [-0.2, -0.15) is 5.26 Å². The number of hydrogen-bond acceptors (Lipinski definition) is 7. The van der Waals surface area contributed by atoms with Crippen molar-refractivity contribution in [2.45, 2.75) is 6.42 Å². The van der Waals surface area contributed by atoms with Gasteiger partial charge in [-0.1, -0.05) is 0 Å². The molecule has 10 nitrogen and oxygen atoms in total. The van der Waals surface area contributed by atoms with Crippen LogP contribution >= 0.6 is 0 Å². The molecule has 0 unspecified atom stereocenters. The Labute approximate surface area is 98.5 Å². The largest absolute Gasteiger partial charge is 0.287 e. The average Bonchev–Trinajstić information content (AvgIpc) is 2.28. The van der Waals surface area contributed by atoms with Crippen LogP contribution in [-0.4, -0.2) is 14.8 Å². The topological polar surface area (TPSA) is 153 Å². The van der Waals surface area contributed by atoms with Crippen molar-refractivity contribution in [2.24, 2.45) is 0 Å². The Kier molecular flexibility index (Phi) is 3.48. The molecule has 0 fully saturated rings. The molecule has 92 valence electrons. The molecule has 0 aromatic heterocycles. The number of nitro benzene ring substituents is 3. The summed E-state index contributed by atoms with van der Waals surface area (Å²) in [5.41, 5.74) is -2.83. The van der Waals surface area contributed by atoms with Gasteiger partial charge in [-0.25, -0.2) is 0 Å². The highest BCUT2D eigenvalue weighted by atomic mass is 16.6. The summed E-state index contributed by atoms with van der Waals surface area (Å²) in [4.78, 5) is 28.9. The smallest absolute Gasteiger partial charge is 0.258 e. The molecule has 1 rings (SSSR count). The van der Waals surface area contributed by atoms with E-state index in [9.17, 15) is 30.3 Å². The predicted molar refractivity (Wildman–Crippen MR) is 55.7 cm³/mol. The molecule has 0 heterocycles. The summed E-state index contributed by atoms with van der Waals surface area (Å²) in [6.45, 7) is 0. The zero-order valence-electron chi connectivity index (χ0n) is 8.60. The maximum absolute atomic E-state index is 10.7. The molecule has 0 N–H and O–H groups in total. The lowest BCUT2D eigenvalue weighted by Crippen LogP contribution is -2.02. The number of nitro groups is 3. The van der Waals surface area contributed by atoms with E-state index in [2.05, 4.69) is 0 Å². The Bertz CT molecular complexity index is 555. The fourth-order valence-electron chi connectivity index (χ4n) is 1.32.